The smallest absolute Gasteiger partial charge is 0.411 e. The highest BCUT2D eigenvalue weighted by molar-refractivity contribution is 8.76. The van der Waals surface area contributed by atoms with Gasteiger partial charge < -0.3 is 19.7 Å². The van der Waals surface area contributed by atoms with Gasteiger partial charge in [0, 0.05) is 24.3 Å². The first-order chi connectivity index (χ1) is 10.5. The number of hydrogen-bond acceptors (Lipinski definition) is 7. The lowest BCUT2D eigenvalue weighted by Crippen LogP contribution is -2.15. The number of benzene rings is 1. The van der Waals surface area contributed by atoms with E-state index >= 15 is 0 Å². The van der Waals surface area contributed by atoms with Gasteiger partial charge in [-0.2, -0.15) is 0 Å². The second kappa shape index (κ2) is 10.2. The summed E-state index contributed by atoms with van der Waals surface area (Å²) in [5.74, 6) is -0.147. The van der Waals surface area contributed by atoms with Gasteiger partial charge in [-0.15, -0.1) is 0 Å². The third kappa shape index (κ3) is 6.92. The van der Waals surface area contributed by atoms with E-state index in [1.165, 1.54) is 12.1 Å². The van der Waals surface area contributed by atoms with Crippen LogP contribution in [-0.2, 0) is 9.47 Å². The van der Waals surface area contributed by atoms with Crippen LogP contribution in [0, 0.1) is 0 Å². The van der Waals surface area contributed by atoms with Gasteiger partial charge in [0.25, 0.3) is 0 Å². The number of rotatable bonds is 9. The molecule has 122 valence electrons. The van der Waals surface area contributed by atoms with Gasteiger partial charge in [-0.05, 0) is 18.2 Å². The largest absolute Gasteiger partial charge is 0.507 e. The van der Waals surface area contributed by atoms with Gasteiger partial charge >= 0.3 is 12.1 Å². The maximum atomic E-state index is 11.5. The van der Waals surface area contributed by atoms with E-state index in [-0.39, 0.29) is 23.6 Å². The Hall–Kier alpha value is -1.58. The number of carbonyl (C=O) groups excluding carboxylic acids is 1. The fraction of sp³-hybridized carbons (Fsp3) is 0.385. The van der Waals surface area contributed by atoms with E-state index in [2.05, 4.69) is 5.32 Å². The van der Waals surface area contributed by atoms with Crippen molar-refractivity contribution in [1.29, 1.82) is 0 Å². The van der Waals surface area contributed by atoms with Crippen molar-refractivity contribution in [3.8, 4) is 5.75 Å². The number of ether oxygens (including phenoxy) is 2. The predicted octanol–water partition coefficient (Wildman–Crippen LogP) is 2.67. The Morgan fingerprint density at radius 3 is 2.55 bits per heavy atom. The molecule has 0 bridgehead atoms. The molecular weight excluding hydrogens is 330 g/mol. The first-order valence-electron chi connectivity index (χ1n) is 6.28. The van der Waals surface area contributed by atoms with Crippen molar-refractivity contribution in [2.24, 2.45) is 0 Å². The second-order valence-corrected chi connectivity index (χ2v) is 6.64. The molecule has 0 heterocycles. The summed E-state index contributed by atoms with van der Waals surface area (Å²) in [6.45, 7) is 0.909. The Balaban J connectivity index is 2.30. The molecule has 9 heteroatoms. The fourth-order valence-electron chi connectivity index (χ4n) is 1.34. The van der Waals surface area contributed by atoms with Gasteiger partial charge in [0.2, 0.25) is 0 Å². The van der Waals surface area contributed by atoms with Gasteiger partial charge in [-0.3, -0.25) is 5.32 Å². The third-order valence-electron chi connectivity index (χ3n) is 2.33. The Bertz CT molecular complexity index is 511. The third-order valence-corrected chi connectivity index (χ3v) is 4.66. The molecule has 1 rings (SSSR count). The average Bonchev–Trinajstić information content (AvgIpc) is 2.48. The molecule has 0 fully saturated rings. The van der Waals surface area contributed by atoms with Crippen molar-refractivity contribution in [3.05, 3.63) is 23.8 Å². The summed E-state index contributed by atoms with van der Waals surface area (Å²) in [4.78, 5) is 22.4. The normalized spacial score (nSPS) is 10.2. The molecule has 0 aromatic heterocycles. The summed E-state index contributed by atoms with van der Waals surface area (Å²) in [6, 6.07) is 3.74. The van der Waals surface area contributed by atoms with Crippen molar-refractivity contribution >= 4 is 39.3 Å². The lowest BCUT2D eigenvalue weighted by molar-refractivity contribution is 0.0693. The van der Waals surface area contributed by atoms with Crippen molar-refractivity contribution < 1.29 is 29.3 Å². The minimum Gasteiger partial charge on any atom is -0.507 e. The highest BCUT2D eigenvalue weighted by Gasteiger charge is 2.11. The SMILES string of the molecule is COCCSSCCOC(=O)Nc1ccc(O)c(C(=O)O)c1. The minimum atomic E-state index is -1.28. The molecule has 1 aromatic carbocycles. The van der Waals surface area contributed by atoms with Crippen molar-refractivity contribution in [2.75, 3.05) is 37.1 Å². The molecule has 0 unspecified atom stereocenters. The fourth-order valence-corrected chi connectivity index (χ4v) is 3.08. The molecule has 0 aliphatic carbocycles. The number of aromatic carboxylic acids is 1. The Morgan fingerprint density at radius 1 is 1.23 bits per heavy atom. The number of carboxylic acids is 1. The molecule has 0 radical (unpaired) electrons. The summed E-state index contributed by atoms with van der Waals surface area (Å²) >= 11 is 0. The zero-order valence-electron chi connectivity index (χ0n) is 11.9. The van der Waals surface area contributed by atoms with Crippen LogP contribution >= 0.6 is 21.6 Å². The molecule has 7 nitrogen and oxygen atoms in total. The summed E-state index contributed by atoms with van der Waals surface area (Å²) in [5, 5.41) is 20.6. The standard InChI is InChI=1S/C13H17NO6S2/c1-19-4-6-21-22-7-5-20-13(18)14-9-2-3-11(15)10(8-9)12(16)17/h2-3,8,15H,4-7H2,1H3,(H,14,18)(H,16,17). The van der Waals surface area contributed by atoms with Crippen LogP contribution in [0.4, 0.5) is 10.5 Å². The van der Waals surface area contributed by atoms with Gasteiger partial charge in [0.1, 0.15) is 17.9 Å². The summed E-state index contributed by atoms with van der Waals surface area (Å²) in [7, 11) is 4.83. The lowest BCUT2D eigenvalue weighted by atomic mass is 10.2. The first-order valence-corrected chi connectivity index (χ1v) is 8.77. The molecule has 0 saturated carbocycles. The van der Waals surface area contributed by atoms with Crippen molar-refractivity contribution in [3.63, 3.8) is 0 Å². The van der Waals surface area contributed by atoms with Crippen LogP contribution in [0.15, 0.2) is 18.2 Å². The molecule has 1 aromatic rings. The number of anilines is 1. The van der Waals surface area contributed by atoms with Gasteiger partial charge in [-0.1, -0.05) is 21.6 Å². The number of nitrogens with one attached hydrogen (secondary N) is 1. The number of carboxylic acid groups (broad SMARTS) is 1. The van der Waals surface area contributed by atoms with E-state index in [0.717, 1.165) is 11.8 Å². The molecular formula is C13H17NO6S2. The quantitative estimate of drug-likeness (QED) is 0.356. The Labute approximate surface area is 135 Å². The molecule has 0 atom stereocenters. The number of carbonyl (C=O) groups is 2. The molecule has 22 heavy (non-hydrogen) atoms. The van der Waals surface area contributed by atoms with Gasteiger partial charge in [0.05, 0.1) is 6.61 Å². The Morgan fingerprint density at radius 2 is 1.91 bits per heavy atom. The van der Waals surface area contributed by atoms with Crippen LogP contribution in [0.3, 0.4) is 0 Å². The molecule has 0 aliphatic rings. The summed E-state index contributed by atoms with van der Waals surface area (Å²) in [6.07, 6.45) is -0.676. The van der Waals surface area contributed by atoms with Crippen LogP contribution in [0.25, 0.3) is 0 Å². The van der Waals surface area contributed by atoms with E-state index in [1.54, 1.807) is 28.7 Å². The maximum Gasteiger partial charge on any atom is 0.411 e. The van der Waals surface area contributed by atoms with E-state index in [4.69, 9.17) is 14.6 Å². The van der Waals surface area contributed by atoms with Gasteiger partial charge in [-0.25, -0.2) is 9.59 Å². The van der Waals surface area contributed by atoms with Crippen LogP contribution in [-0.4, -0.2) is 54.1 Å². The average molecular weight is 347 g/mol. The number of amides is 1. The minimum absolute atomic E-state index is 0.236. The summed E-state index contributed by atoms with van der Waals surface area (Å²) < 4.78 is 9.86. The molecule has 1 amide bonds. The predicted molar refractivity (Wildman–Crippen MR) is 86.8 cm³/mol. The molecule has 0 saturated heterocycles. The summed E-state index contributed by atoms with van der Waals surface area (Å²) in [5.41, 5.74) is -0.0507. The second-order valence-electron chi connectivity index (χ2n) is 3.93. The van der Waals surface area contributed by atoms with E-state index in [0.29, 0.717) is 12.4 Å². The van der Waals surface area contributed by atoms with Crippen LogP contribution in [0.1, 0.15) is 10.4 Å². The molecule has 0 aliphatic heterocycles. The monoisotopic (exact) mass is 347 g/mol. The van der Waals surface area contributed by atoms with Crippen molar-refractivity contribution in [1.82, 2.24) is 0 Å². The van der Waals surface area contributed by atoms with E-state index < -0.39 is 12.1 Å². The number of methoxy groups -OCH3 is 1. The first kappa shape index (κ1) is 18.5. The van der Waals surface area contributed by atoms with Crippen molar-refractivity contribution in [2.45, 2.75) is 0 Å². The number of hydrogen-bond donors (Lipinski definition) is 3. The van der Waals surface area contributed by atoms with E-state index in [1.807, 2.05) is 0 Å². The Kier molecular flexibility index (Phi) is 8.56. The van der Waals surface area contributed by atoms with Crippen LogP contribution in [0.5, 0.6) is 5.75 Å². The zero-order chi connectivity index (χ0) is 16.4. The van der Waals surface area contributed by atoms with Gasteiger partial charge in [0.15, 0.2) is 0 Å². The van der Waals surface area contributed by atoms with Crippen LogP contribution < -0.4 is 5.32 Å². The zero-order valence-corrected chi connectivity index (χ0v) is 13.5. The lowest BCUT2D eigenvalue weighted by Gasteiger charge is -2.08. The van der Waals surface area contributed by atoms with Crippen LogP contribution in [0.2, 0.25) is 0 Å². The number of aromatic hydroxyl groups is 1. The highest BCUT2D eigenvalue weighted by atomic mass is 33.1. The van der Waals surface area contributed by atoms with E-state index in [9.17, 15) is 14.7 Å². The number of phenols is 1. The molecule has 3 N–H and O–H groups in total. The topological polar surface area (TPSA) is 105 Å². The maximum absolute atomic E-state index is 11.5. The molecule has 0 spiro atoms. The highest BCUT2D eigenvalue weighted by Crippen LogP contribution is 2.22.